The van der Waals surface area contributed by atoms with Crippen LogP contribution in [0.2, 0.25) is 0 Å². The van der Waals surface area contributed by atoms with Crippen LogP contribution in [-0.2, 0) is 19.0 Å². The highest BCUT2D eigenvalue weighted by Gasteiger charge is 2.56. The number of amides is 1. The Balaban J connectivity index is 2.42. The molecular formula is C22H33FN2O7S. The number of hydrogen-bond donors (Lipinski definition) is 4. The second-order valence-electron chi connectivity index (χ2n) is 8.93. The minimum Gasteiger partial charge on any atom is -0.466 e. The first-order valence-electron chi connectivity index (χ1n) is 10.5. The third kappa shape index (κ3) is 7.03. The summed E-state index contributed by atoms with van der Waals surface area (Å²) in [6.45, 7) is 6.40. The van der Waals surface area contributed by atoms with E-state index in [4.69, 9.17) is 19.9 Å². The van der Waals surface area contributed by atoms with Crippen LogP contribution >= 0.6 is 11.8 Å². The topological polar surface area (TPSA) is 140 Å². The van der Waals surface area contributed by atoms with Gasteiger partial charge in [-0.1, -0.05) is 29.5 Å². The lowest BCUT2D eigenvalue weighted by atomic mass is 9.90. The van der Waals surface area contributed by atoms with Crippen molar-refractivity contribution >= 4 is 23.8 Å². The third-order valence-electron chi connectivity index (χ3n) is 4.98. The van der Waals surface area contributed by atoms with E-state index in [-0.39, 0.29) is 6.42 Å². The van der Waals surface area contributed by atoms with Crippen LogP contribution < -0.4 is 11.1 Å². The van der Waals surface area contributed by atoms with Gasteiger partial charge in [0, 0.05) is 17.9 Å². The van der Waals surface area contributed by atoms with Crippen LogP contribution in [0.5, 0.6) is 0 Å². The van der Waals surface area contributed by atoms with Crippen molar-refractivity contribution in [3.05, 3.63) is 29.8 Å². The molecule has 11 heteroatoms. The molecule has 1 heterocycles. The molecule has 0 spiro atoms. The summed E-state index contributed by atoms with van der Waals surface area (Å²) in [6.07, 6.45) is -8.09. The number of thioether (sulfide) groups is 1. The molecule has 1 aromatic carbocycles. The van der Waals surface area contributed by atoms with Gasteiger partial charge >= 0.3 is 12.1 Å². The Morgan fingerprint density at radius 1 is 1.36 bits per heavy atom. The summed E-state index contributed by atoms with van der Waals surface area (Å²) in [7, 11) is 1.15. The Morgan fingerprint density at radius 2 is 1.97 bits per heavy atom. The number of carbonyl (C=O) groups excluding carboxylic acids is 2. The molecule has 1 amide bonds. The zero-order chi connectivity index (χ0) is 25.0. The molecule has 2 rings (SSSR count). The largest absolute Gasteiger partial charge is 0.466 e. The maximum absolute atomic E-state index is 15.3. The second kappa shape index (κ2) is 11.0. The lowest BCUT2D eigenvalue weighted by Crippen LogP contribution is -2.66. The van der Waals surface area contributed by atoms with Crippen molar-refractivity contribution in [2.45, 2.75) is 80.1 Å². The van der Waals surface area contributed by atoms with Crippen molar-refractivity contribution in [1.82, 2.24) is 5.32 Å². The Kier molecular flexibility index (Phi) is 9.11. The normalized spacial score (nSPS) is 27.4. The van der Waals surface area contributed by atoms with Crippen molar-refractivity contribution in [3.8, 4) is 0 Å². The fourth-order valence-electron chi connectivity index (χ4n) is 3.39. The van der Waals surface area contributed by atoms with Crippen LogP contribution in [-0.4, -0.2) is 77.0 Å². The van der Waals surface area contributed by atoms with E-state index in [0.29, 0.717) is 4.90 Å². The highest BCUT2D eigenvalue weighted by atomic mass is 32.2. The van der Waals surface area contributed by atoms with E-state index in [0.717, 1.165) is 24.4 Å². The molecular weight excluding hydrogens is 455 g/mol. The van der Waals surface area contributed by atoms with E-state index in [1.165, 1.54) is 0 Å². The highest BCUT2D eigenvalue weighted by Crippen LogP contribution is 2.45. The van der Waals surface area contributed by atoms with Gasteiger partial charge in [0.2, 0.25) is 4.93 Å². The van der Waals surface area contributed by atoms with Crippen LogP contribution in [0.4, 0.5) is 9.18 Å². The summed E-state index contributed by atoms with van der Waals surface area (Å²) in [5, 5.41) is 23.4. The van der Waals surface area contributed by atoms with Crippen LogP contribution in [0.25, 0.3) is 0 Å². The molecule has 5 N–H and O–H groups in total. The first-order chi connectivity index (χ1) is 15.3. The van der Waals surface area contributed by atoms with Gasteiger partial charge in [0.25, 0.3) is 0 Å². The van der Waals surface area contributed by atoms with Crippen molar-refractivity contribution in [2.24, 2.45) is 5.73 Å². The summed E-state index contributed by atoms with van der Waals surface area (Å²) < 4.78 is 31.3. The van der Waals surface area contributed by atoms with Gasteiger partial charge in [0.1, 0.15) is 17.8 Å². The van der Waals surface area contributed by atoms with Gasteiger partial charge < -0.3 is 35.5 Å². The smallest absolute Gasteiger partial charge is 0.408 e. The van der Waals surface area contributed by atoms with Gasteiger partial charge in [-0.05, 0) is 39.8 Å². The van der Waals surface area contributed by atoms with Gasteiger partial charge in [-0.3, -0.25) is 0 Å². The molecule has 0 unspecified atom stereocenters. The molecule has 1 fully saturated rings. The third-order valence-corrected chi connectivity index (χ3v) is 6.25. The van der Waals surface area contributed by atoms with Crippen molar-refractivity contribution in [2.75, 3.05) is 13.7 Å². The van der Waals surface area contributed by atoms with Gasteiger partial charge in [-0.2, -0.15) is 0 Å². The number of benzene rings is 1. The number of aliphatic hydroxyl groups excluding tert-OH is 2. The number of nitrogens with one attached hydrogen (secondary N) is 1. The number of aryl methyl sites for hydroxylation is 1. The maximum Gasteiger partial charge on any atom is 0.408 e. The molecule has 33 heavy (non-hydrogen) atoms. The number of carbonyl (C=O) groups is 2. The molecule has 1 aliphatic rings. The summed E-state index contributed by atoms with van der Waals surface area (Å²) in [6, 6.07) is 5.83. The number of aliphatic hydroxyl groups is 2. The van der Waals surface area contributed by atoms with E-state index < -0.39 is 59.7 Å². The number of halogens is 1. The van der Waals surface area contributed by atoms with Crippen LogP contribution in [0.1, 0.15) is 32.8 Å². The number of ether oxygens (including phenoxy) is 3. The van der Waals surface area contributed by atoms with E-state index in [2.05, 4.69) is 5.32 Å². The molecule has 186 valence electrons. The molecule has 6 atom stereocenters. The van der Waals surface area contributed by atoms with E-state index >= 15 is 4.39 Å². The number of rotatable bonds is 7. The molecule has 0 saturated carbocycles. The molecule has 1 saturated heterocycles. The average Bonchev–Trinajstić information content (AvgIpc) is 2.74. The molecule has 1 aliphatic heterocycles. The summed E-state index contributed by atoms with van der Waals surface area (Å²) >= 11 is 0.948. The minimum absolute atomic E-state index is 0.319. The first kappa shape index (κ1) is 27.3. The number of nitrogens with two attached hydrogens (primary N) is 1. The average molecular weight is 489 g/mol. The second-order valence-corrected chi connectivity index (χ2v) is 10.3. The predicted octanol–water partition coefficient (Wildman–Crippen LogP) is 1.66. The summed E-state index contributed by atoms with van der Waals surface area (Å²) in [5.41, 5.74) is 5.57. The van der Waals surface area contributed by atoms with Gasteiger partial charge in [-0.15, -0.1) is 0 Å². The Bertz CT molecular complexity index is 820. The molecule has 0 bridgehead atoms. The number of alkyl carbamates (subject to hydrolysis) is 1. The molecule has 9 nitrogen and oxygen atoms in total. The molecule has 0 aliphatic carbocycles. The van der Waals surface area contributed by atoms with E-state index in [1.807, 2.05) is 19.1 Å². The van der Waals surface area contributed by atoms with Crippen molar-refractivity contribution < 1.29 is 38.4 Å². The number of esters is 1. The van der Waals surface area contributed by atoms with E-state index in [1.54, 1.807) is 32.9 Å². The lowest BCUT2D eigenvalue weighted by Gasteiger charge is -2.46. The SMILES string of the molecule is COC(=O)[C@]1(Sc2ccc(C)cc2)C[C@H](O)[C@@H](NC(=O)OC(C)(C)C)[C@H]([C@@H](F)[C@H](O)CN)O1. The lowest BCUT2D eigenvalue weighted by molar-refractivity contribution is -0.195. The van der Waals surface area contributed by atoms with Crippen molar-refractivity contribution in [3.63, 3.8) is 0 Å². The number of methoxy groups -OCH3 is 1. The van der Waals surface area contributed by atoms with Gasteiger partial charge in [0.05, 0.1) is 19.3 Å². The van der Waals surface area contributed by atoms with Crippen LogP contribution in [0.3, 0.4) is 0 Å². The molecule has 0 radical (unpaired) electrons. The van der Waals surface area contributed by atoms with E-state index in [9.17, 15) is 19.8 Å². The fraction of sp³-hybridized carbons (Fsp3) is 0.636. The number of alkyl halides is 1. The first-order valence-corrected chi connectivity index (χ1v) is 11.3. The summed E-state index contributed by atoms with van der Waals surface area (Å²) in [4.78, 5) is 24.0. The maximum atomic E-state index is 15.3. The minimum atomic E-state index is -2.13. The predicted molar refractivity (Wildman–Crippen MR) is 120 cm³/mol. The quantitative estimate of drug-likeness (QED) is 0.422. The highest BCUT2D eigenvalue weighted by molar-refractivity contribution is 8.01. The van der Waals surface area contributed by atoms with Crippen LogP contribution in [0.15, 0.2) is 29.2 Å². The monoisotopic (exact) mass is 488 g/mol. The Morgan fingerprint density at radius 3 is 2.48 bits per heavy atom. The fourth-order valence-corrected chi connectivity index (χ4v) is 4.62. The summed E-state index contributed by atoms with van der Waals surface area (Å²) in [5.74, 6) is -0.845. The standard InChI is InChI=1S/C22H33FN2O7S/c1-12-6-8-13(9-7-12)33-22(19(28)30-5)10-14(26)17(25-20(29)32-21(2,3)4)18(31-22)16(23)15(27)11-24/h6-9,14-18,26-27H,10-11,24H2,1-5H3,(H,25,29)/t14-,15+,16-,17+,18-,22+/m0/s1. The van der Waals surface area contributed by atoms with Crippen molar-refractivity contribution in [1.29, 1.82) is 0 Å². The number of hydrogen-bond acceptors (Lipinski definition) is 9. The molecule has 1 aromatic rings. The zero-order valence-corrected chi connectivity index (χ0v) is 20.2. The zero-order valence-electron chi connectivity index (χ0n) is 19.4. The van der Waals surface area contributed by atoms with Gasteiger partial charge in [0.15, 0.2) is 6.17 Å². The Hall–Kier alpha value is -1.92. The van der Waals surface area contributed by atoms with Crippen LogP contribution in [0, 0.1) is 6.92 Å². The Labute approximate surface area is 197 Å². The van der Waals surface area contributed by atoms with Gasteiger partial charge in [-0.25, -0.2) is 14.0 Å². The molecule has 0 aromatic heterocycles.